The molecule has 0 amide bonds. The fourth-order valence-corrected chi connectivity index (χ4v) is 4.23. The lowest BCUT2D eigenvalue weighted by atomic mass is 10.0. The Morgan fingerprint density at radius 2 is 1.85 bits per heavy atom. The summed E-state index contributed by atoms with van der Waals surface area (Å²) in [6.07, 6.45) is 3.46. The van der Waals surface area contributed by atoms with Crippen molar-refractivity contribution in [1.29, 1.82) is 0 Å². The fourth-order valence-electron chi connectivity index (χ4n) is 4.23. The lowest BCUT2D eigenvalue weighted by Gasteiger charge is -2.38. The van der Waals surface area contributed by atoms with Gasteiger partial charge in [0, 0.05) is 56.2 Å². The fraction of sp³-hybridized carbons (Fsp3) is 0.292. The van der Waals surface area contributed by atoms with Crippen LogP contribution in [0.2, 0.25) is 0 Å². The quantitative estimate of drug-likeness (QED) is 0.450. The molecule has 0 radical (unpaired) electrons. The monoisotopic (exact) mass is 467 g/mol. The number of nitrogens with zero attached hydrogens (tertiary/aromatic N) is 5. The number of aromatic nitrogens is 4. The van der Waals surface area contributed by atoms with Crippen molar-refractivity contribution in [1.82, 2.24) is 19.3 Å². The molecule has 1 aliphatic heterocycles. The third kappa shape index (κ3) is 4.01. The average molecular weight is 467 g/mol. The van der Waals surface area contributed by atoms with Crippen LogP contribution in [0.5, 0.6) is 5.75 Å². The molecule has 1 N–H and O–H groups in total. The zero-order chi connectivity index (χ0) is 23.8. The highest BCUT2D eigenvalue weighted by Crippen LogP contribution is 2.27. The summed E-state index contributed by atoms with van der Waals surface area (Å²) in [6, 6.07) is 12.0. The molecule has 0 aliphatic carbocycles. The zero-order valence-electron chi connectivity index (χ0n) is 18.4. The number of hydrogen-bond donors (Lipinski definition) is 1. The van der Waals surface area contributed by atoms with Gasteiger partial charge in [0.15, 0.2) is 0 Å². The first-order valence-corrected chi connectivity index (χ1v) is 10.8. The summed E-state index contributed by atoms with van der Waals surface area (Å²) in [4.78, 5) is 23.7. The molecular weight excluding hydrogens is 444 g/mol. The van der Waals surface area contributed by atoms with Crippen LogP contribution in [0.4, 0.5) is 14.7 Å². The van der Waals surface area contributed by atoms with E-state index in [0.29, 0.717) is 22.4 Å². The van der Waals surface area contributed by atoms with Crippen molar-refractivity contribution in [2.75, 3.05) is 24.6 Å². The largest absolute Gasteiger partial charge is 0.434 e. The number of fused-ring (bicyclic) bond motifs is 1. The predicted octanol–water partition coefficient (Wildman–Crippen LogP) is 2.88. The minimum absolute atomic E-state index is 0.0707. The molecule has 1 aliphatic rings. The summed E-state index contributed by atoms with van der Waals surface area (Å²) in [5, 5.41) is 9.71. The first-order valence-electron chi connectivity index (χ1n) is 10.8. The van der Waals surface area contributed by atoms with E-state index in [0.717, 1.165) is 24.2 Å². The van der Waals surface area contributed by atoms with Gasteiger partial charge in [-0.25, -0.2) is 9.97 Å². The minimum Gasteiger partial charge on any atom is -0.434 e. The Morgan fingerprint density at radius 3 is 2.56 bits per heavy atom. The molecule has 176 valence electrons. The molecule has 0 spiro atoms. The molecule has 34 heavy (non-hydrogen) atoms. The Bertz CT molecular complexity index is 1380. The molecular formula is C24H23F2N5O3. The first-order chi connectivity index (χ1) is 16.4. The van der Waals surface area contributed by atoms with E-state index in [1.807, 2.05) is 17.0 Å². The van der Waals surface area contributed by atoms with Gasteiger partial charge in [-0.15, -0.1) is 0 Å². The third-order valence-corrected chi connectivity index (χ3v) is 6.14. The average Bonchev–Trinajstić information content (AvgIpc) is 3.04. The molecule has 0 unspecified atom stereocenters. The molecule has 5 rings (SSSR count). The SMILES string of the molecule is Cn1c(=O)c2ccc(-c3cnc(N4CC(CO)C4)nc3)cc2n1Cc1ccccc1OC(F)F. The van der Waals surface area contributed by atoms with Crippen molar-refractivity contribution in [3.63, 3.8) is 0 Å². The Labute approximate surface area is 193 Å². The second kappa shape index (κ2) is 8.86. The van der Waals surface area contributed by atoms with Gasteiger partial charge in [0.2, 0.25) is 5.95 Å². The summed E-state index contributed by atoms with van der Waals surface area (Å²) >= 11 is 0. The number of alkyl halides is 2. The molecule has 10 heteroatoms. The summed E-state index contributed by atoms with van der Waals surface area (Å²) in [5.41, 5.74) is 2.62. The van der Waals surface area contributed by atoms with E-state index in [4.69, 9.17) is 0 Å². The van der Waals surface area contributed by atoms with Crippen LogP contribution >= 0.6 is 0 Å². The molecule has 2 aromatic carbocycles. The molecule has 4 aromatic rings. The van der Waals surface area contributed by atoms with Crippen molar-refractivity contribution in [2.45, 2.75) is 13.2 Å². The highest BCUT2D eigenvalue weighted by atomic mass is 19.3. The van der Waals surface area contributed by atoms with Gasteiger partial charge >= 0.3 is 6.61 Å². The van der Waals surface area contributed by atoms with Crippen LogP contribution in [-0.2, 0) is 13.6 Å². The van der Waals surface area contributed by atoms with Gasteiger partial charge in [0.1, 0.15) is 5.75 Å². The summed E-state index contributed by atoms with van der Waals surface area (Å²) in [5.74, 6) is 0.944. The maximum absolute atomic E-state index is 12.8. The van der Waals surface area contributed by atoms with Crippen molar-refractivity contribution >= 4 is 16.9 Å². The number of aliphatic hydroxyl groups excluding tert-OH is 1. The molecule has 0 atom stereocenters. The van der Waals surface area contributed by atoms with Crippen molar-refractivity contribution in [3.8, 4) is 16.9 Å². The van der Waals surface area contributed by atoms with E-state index < -0.39 is 6.61 Å². The molecule has 0 saturated carbocycles. The van der Waals surface area contributed by atoms with E-state index in [1.165, 1.54) is 10.7 Å². The first kappa shape index (κ1) is 22.0. The standard InChI is InChI=1S/C24H23F2N5O3/c1-29-22(33)19-7-6-16(18-9-27-24(28-10-18)30-11-15(12-30)14-32)8-20(19)31(29)13-17-4-2-3-5-21(17)34-23(25)26/h2-10,15,23,32H,11-14H2,1H3. The number of para-hydroxylation sites is 1. The number of benzene rings is 2. The number of aliphatic hydroxyl groups is 1. The van der Waals surface area contributed by atoms with E-state index in [9.17, 15) is 18.7 Å². The predicted molar refractivity (Wildman–Crippen MR) is 123 cm³/mol. The maximum Gasteiger partial charge on any atom is 0.387 e. The van der Waals surface area contributed by atoms with Crippen LogP contribution in [0.3, 0.4) is 0 Å². The Balaban J connectivity index is 1.48. The van der Waals surface area contributed by atoms with Crippen LogP contribution in [0.25, 0.3) is 22.0 Å². The van der Waals surface area contributed by atoms with E-state index in [2.05, 4.69) is 14.7 Å². The van der Waals surface area contributed by atoms with Crippen LogP contribution in [0.15, 0.2) is 59.7 Å². The normalized spacial score (nSPS) is 14.1. The number of halogens is 2. The zero-order valence-corrected chi connectivity index (χ0v) is 18.4. The Morgan fingerprint density at radius 1 is 1.12 bits per heavy atom. The van der Waals surface area contributed by atoms with Crippen molar-refractivity contribution < 1.29 is 18.6 Å². The Kier molecular flexibility index (Phi) is 5.74. The number of anilines is 1. The van der Waals surface area contributed by atoms with E-state index in [-0.39, 0.29) is 30.4 Å². The van der Waals surface area contributed by atoms with Crippen LogP contribution < -0.4 is 15.2 Å². The van der Waals surface area contributed by atoms with Gasteiger partial charge in [-0.1, -0.05) is 24.3 Å². The lowest BCUT2D eigenvalue weighted by Crippen LogP contribution is -2.49. The smallest absolute Gasteiger partial charge is 0.387 e. The van der Waals surface area contributed by atoms with E-state index in [1.54, 1.807) is 48.4 Å². The molecule has 3 heterocycles. The summed E-state index contributed by atoms with van der Waals surface area (Å²) < 4.78 is 33.6. The molecule has 2 aromatic heterocycles. The Hall–Kier alpha value is -3.79. The third-order valence-electron chi connectivity index (χ3n) is 6.14. The summed E-state index contributed by atoms with van der Waals surface area (Å²) in [6.45, 7) is -1.14. The topological polar surface area (TPSA) is 85.4 Å². The van der Waals surface area contributed by atoms with Gasteiger partial charge in [-0.3, -0.25) is 14.2 Å². The highest BCUT2D eigenvalue weighted by molar-refractivity contribution is 5.84. The van der Waals surface area contributed by atoms with Crippen LogP contribution in [0, 0.1) is 5.92 Å². The molecule has 8 nitrogen and oxygen atoms in total. The second-order valence-corrected chi connectivity index (χ2v) is 8.33. The van der Waals surface area contributed by atoms with Crippen molar-refractivity contribution in [2.24, 2.45) is 13.0 Å². The van der Waals surface area contributed by atoms with Gasteiger partial charge < -0.3 is 14.7 Å². The maximum atomic E-state index is 12.8. The number of ether oxygens (including phenoxy) is 1. The highest BCUT2D eigenvalue weighted by Gasteiger charge is 2.27. The van der Waals surface area contributed by atoms with Crippen molar-refractivity contribution in [3.05, 3.63) is 70.8 Å². The second-order valence-electron chi connectivity index (χ2n) is 8.33. The van der Waals surface area contributed by atoms with Gasteiger partial charge in [-0.2, -0.15) is 8.78 Å². The molecule has 1 saturated heterocycles. The van der Waals surface area contributed by atoms with Gasteiger partial charge in [0.25, 0.3) is 5.56 Å². The van der Waals surface area contributed by atoms with Crippen LogP contribution in [0.1, 0.15) is 5.56 Å². The minimum atomic E-state index is -2.94. The summed E-state index contributed by atoms with van der Waals surface area (Å²) in [7, 11) is 1.64. The molecule has 1 fully saturated rings. The lowest BCUT2D eigenvalue weighted by molar-refractivity contribution is -0.0505. The van der Waals surface area contributed by atoms with E-state index >= 15 is 0 Å². The van der Waals surface area contributed by atoms with Crippen LogP contribution in [-0.4, -0.2) is 50.7 Å². The number of hydrogen-bond acceptors (Lipinski definition) is 6. The number of rotatable bonds is 7. The molecule has 0 bridgehead atoms. The van der Waals surface area contributed by atoms with Gasteiger partial charge in [0.05, 0.1) is 17.4 Å². The van der Waals surface area contributed by atoms with Gasteiger partial charge in [-0.05, 0) is 23.8 Å².